The molecule has 1 aromatic heterocycles. The van der Waals surface area contributed by atoms with Crippen LogP contribution in [0.5, 0.6) is 0 Å². The highest BCUT2D eigenvalue weighted by Crippen LogP contribution is 2.38. The van der Waals surface area contributed by atoms with E-state index >= 15 is 0 Å². The number of hydrogen-bond acceptors (Lipinski definition) is 4. The average molecular weight is 440 g/mol. The summed E-state index contributed by atoms with van der Waals surface area (Å²) < 4.78 is 58.4. The molecule has 2 aromatic rings. The number of hydrogen-bond donors (Lipinski definition) is 2. The van der Waals surface area contributed by atoms with Crippen molar-refractivity contribution in [2.45, 2.75) is 78.0 Å². The third-order valence-corrected chi connectivity index (χ3v) is 5.46. The van der Waals surface area contributed by atoms with Gasteiger partial charge in [0.05, 0.1) is 28.8 Å². The molecule has 0 aliphatic carbocycles. The van der Waals surface area contributed by atoms with Gasteiger partial charge in [-0.25, -0.2) is 4.79 Å². The normalized spacial score (nSPS) is 18.5. The number of amides is 1. The Kier molecular flexibility index (Phi) is 5.64. The van der Waals surface area contributed by atoms with Gasteiger partial charge in [-0.05, 0) is 71.4 Å². The second-order valence-electron chi connectivity index (χ2n) is 9.77. The van der Waals surface area contributed by atoms with Crippen LogP contribution >= 0.6 is 0 Å². The van der Waals surface area contributed by atoms with Crippen LogP contribution < -0.4 is 10.8 Å². The summed E-state index contributed by atoms with van der Waals surface area (Å²) in [6, 6.07) is 4.23. The number of benzene rings is 1. The molecule has 0 atom stereocenters. The average Bonchev–Trinajstić information content (AvgIpc) is 3.07. The summed E-state index contributed by atoms with van der Waals surface area (Å²) in [5.74, 6) is 0. The molecule has 6 nitrogen and oxygen atoms in total. The SMILES string of the molecule is CC(C)(C)OC(=O)NCc1cc2cc(B3OC(C)(C)C(C)(C)O3)cc(C(F)(F)F)c2[nH]1. The maximum atomic E-state index is 13.8. The molecule has 31 heavy (non-hydrogen) atoms. The third kappa shape index (κ3) is 5.01. The van der Waals surface area contributed by atoms with Crippen LogP contribution in [-0.2, 0) is 26.8 Å². The van der Waals surface area contributed by atoms with Gasteiger partial charge in [0.1, 0.15) is 5.60 Å². The number of carbonyl (C=O) groups excluding carboxylic acids is 1. The highest BCUT2D eigenvalue weighted by Gasteiger charge is 2.52. The van der Waals surface area contributed by atoms with Gasteiger partial charge in [0.15, 0.2) is 0 Å². The molecule has 10 heteroatoms. The Hall–Kier alpha value is -2.20. The van der Waals surface area contributed by atoms with Crippen LogP contribution in [0.2, 0.25) is 0 Å². The van der Waals surface area contributed by atoms with Gasteiger partial charge in [-0.3, -0.25) is 0 Å². The number of nitrogens with one attached hydrogen (secondary N) is 2. The molecular formula is C21H28BF3N2O4. The van der Waals surface area contributed by atoms with E-state index in [1.165, 1.54) is 0 Å². The van der Waals surface area contributed by atoms with E-state index in [4.69, 9.17) is 14.0 Å². The van der Waals surface area contributed by atoms with Crippen molar-refractivity contribution in [1.29, 1.82) is 0 Å². The molecule has 1 aliphatic rings. The van der Waals surface area contributed by atoms with Gasteiger partial charge >= 0.3 is 19.4 Å². The lowest BCUT2D eigenvalue weighted by Gasteiger charge is -2.32. The number of carbonyl (C=O) groups is 1. The Balaban J connectivity index is 1.93. The molecule has 2 N–H and O–H groups in total. The Morgan fingerprint density at radius 2 is 1.68 bits per heavy atom. The fraction of sp³-hybridized carbons (Fsp3) is 0.571. The molecule has 2 heterocycles. The zero-order valence-electron chi connectivity index (χ0n) is 18.8. The molecule has 0 saturated carbocycles. The number of alkyl halides is 3. The molecule has 3 rings (SSSR count). The summed E-state index contributed by atoms with van der Waals surface area (Å²) in [6.45, 7) is 12.5. The number of halogens is 3. The molecule has 0 bridgehead atoms. The fourth-order valence-corrected chi connectivity index (χ4v) is 3.24. The van der Waals surface area contributed by atoms with Gasteiger partial charge in [-0.1, -0.05) is 6.07 Å². The van der Waals surface area contributed by atoms with Crippen molar-refractivity contribution in [3.63, 3.8) is 0 Å². The first-order valence-electron chi connectivity index (χ1n) is 10.0. The van der Waals surface area contributed by atoms with Crippen LogP contribution in [0, 0.1) is 0 Å². The molecule has 1 aliphatic heterocycles. The molecule has 170 valence electrons. The van der Waals surface area contributed by atoms with Crippen LogP contribution in [0.3, 0.4) is 0 Å². The van der Waals surface area contributed by atoms with Gasteiger partial charge in [0.2, 0.25) is 0 Å². The van der Waals surface area contributed by atoms with Crippen molar-refractivity contribution in [3.05, 3.63) is 29.5 Å². The molecular weight excluding hydrogens is 412 g/mol. The second-order valence-corrected chi connectivity index (χ2v) is 9.77. The number of alkyl carbamates (subject to hydrolysis) is 1. The zero-order chi connectivity index (χ0) is 23.4. The number of ether oxygens (including phenoxy) is 1. The molecule has 1 amide bonds. The van der Waals surface area contributed by atoms with Crippen molar-refractivity contribution in [2.75, 3.05) is 0 Å². The lowest BCUT2D eigenvalue weighted by atomic mass is 9.77. The Labute approximate surface area is 180 Å². The summed E-state index contributed by atoms with van der Waals surface area (Å²) >= 11 is 0. The van der Waals surface area contributed by atoms with Crippen LogP contribution in [0.25, 0.3) is 10.9 Å². The van der Waals surface area contributed by atoms with E-state index in [-0.39, 0.29) is 17.5 Å². The van der Waals surface area contributed by atoms with Gasteiger partial charge in [0, 0.05) is 5.69 Å². The third-order valence-electron chi connectivity index (χ3n) is 5.46. The number of aromatic amines is 1. The predicted molar refractivity (Wildman–Crippen MR) is 112 cm³/mol. The predicted octanol–water partition coefficient (Wildman–Crippen LogP) is 4.51. The summed E-state index contributed by atoms with van der Waals surface area (Å²) in [6.07, 6.45) is -5.24. The maximum Gasteiger partial charge on any atom is 0.494 e. The van der Waals surface area contributed by atoms with Gasteiger partial charge in [-0.15, -0.1) is 0 Å². The molecule has 1 fully saturated rings. The Morgan fingerprint density at radius 1 is 1.10 bits per heavy atom. The first kappa shape index (κ1) is 23.5. The standard InChI is InChI=1S/C21H28BF3N2O4/c1-18(2,3)29-17(28)26-11-14-9-12-8-13(10-15(16(12)27-14)21(23,24)25)22-30-19(4,5)20(6,7)31-22/h8-10,27H,11H2,1-7H3,(H,26,28). The summed E-state index contributed by atoms with van der Waals surface area (Å²) in [4.78, 5) is 14.6. The molecule has 0 unspecified atom stereocenters. The van der Waals surface area contributed by atoms with Crippen molar-refractivity contribution in [1.82, 2.24) is 10.3 Å². The smallest absolute Gasteiger partial charge is 0.444 e. The quantitative estimate of drug-likeness (QED) is 0.689. The van der Waals surface area contributed by atoms with E-state index in [0.717, 1.165) is 6.07 Å². The highest BCUT2D eigenvalue weighted by molar-refractivity contribution is 6.62. The largest absolute Gasteiger partial charge is 0.494 e. The van der Waals surface area contributed by atoms with Crippen LogP contribution in [0.4, 0.5) is 18.0 Å². The monoisotopic (exact) mass is 440 g/mol. The Morgan fingerprint density at radius 3 is 2.19 bits per heavy atom. The van der Waals surface area contributed by atoms with E-state index in [1.54, 1.807) is 32.9 Å². The first-order valence-corrected chi connectivity index (χ1v) is 10.0. The Bertz CT molecular complexity index is 977. The number of fused-ring (bicyclic) bond motifs is 1. The highest BCUT2D eigenvalue weighted by atomic mass is 19.4. The van der Waals surface area contributed by atoms with Gasteiger partial charge < -0.3 is 24.3 Å². The van der Waals surface area contributed by atoms with E-state index in [0.29, 0.717) is 11.1 Å². The van der Waals surface area contributed by atoms with E-state index < -0.39 is 41.8 Å². The fourth-order valence-electron chi connectivity index (χ4n) is 3.24. The van der Waals surface area contributed by atoms with E-state index in [1.807, 2.05) is 27.7 Å². The van der Waals surface area contributed by atoms with Crippen LogP contribution in [0.1, 0.15) is 59.7 Å². The topological polar surface area (TPSA) is 72.6 Å². The van der Waals surface area contributed by atoms with Crippen molar-refractivity contribution < 1.29 is 32.0 Å². The zero-order valence-corrected chi connectivity index (χ0v) is 18.8. The summed E-state index contributed by atoms with van der Waals surface area (Å²) in [5, 5.41) is 2.89. The molecule has 0 radical (unpaired) electrons. The molecule has 1 aromatic carbocycles. The van der Waals surface area contributed by atoms with Crippen molar-refractivity contribution in [2.24, 2.45) is 0 Å². The lowest BCUT2D eigenvalue weighted by molar-refractivity contribution is -0.136. The van der Waals surface area contributed by atoms with Gasteiger partial charge in [-0.2, -0.15) is 13.2 Å². The van der Waals surface area contributed by atoms with Crippen LogP contribution in [0.15, 0.2) is 18.2 Å². The number of rotatable bonds is 3. The number of H-pyrrole nitrogens is 1. The van der Waals surface area contributed by atoms with Gasteiger partial charge in [0.25, 0.3) is 0 Å². The molecule has 1 saturated heterocycles. The lowest BCUT2D eigenvalue weighted by Crippen LogP contribution is -2.41. The molecule has 0 spiro atoms. The summed E-state index contributed by atoms with van der Waals surface area (Å²) in [5.41, 5.74) is -2.21. The minimum Gasteiger partial charge on any atom is -0.444 e. The second kappa shape index (κ2) is 7.44. The maximum absolute atomic E-state index is 13.8. The minimum atomic E-state index is -4.58. The van der Waals surface area contributed by atoms with E-state index in [9.17, 15) is 18.0 Å². The number of aromatic nitrogens is 1. The van der Waals surface area contributed by atoms with Crippen LogP contribution in [-0.4, -0.2) is 35.0 Å². The summed E-state index contributed by atoms with van der Waals surface area (Å²) in [7, 11) is -0.922. The minimum absolute atomic E-state index is 0.00723. The van der Waals surface area contributed by atoms with E-state index in [2.05, 4.69) is 10.3 Å². The van der Waals surface area contributed by atoms with Crippen molar-refractivity contribution >= 4 is 29.6 Å². The van der Waals surface area contributed by atoms with Crippen molar-refractivity contribution in [3.8, 4) is 0 Å². The first-order chi connectivity index (χ1) is 14.0.